The number of rotatable bonds is 11. The first-order valence-corrected chi connectivity index (χ1v) is 28.5. The van der Waals surface area contributed by atoms with Gasteiger partial charge in [-0.25, -0.2) is 14.4 Å². The highest BCUT2D eigenvalue weighted by Crippen LogP contribution is 2.43. The Kier molecular flexibility index (Phi) is 20.3. The lowest BCUT2D eigenvalue weighted by atomic mass is 9.49. The predicted molar refractivity (Wildman–Crippen MR) is 329 cm³/mol. The normalized spacial score (nSPS) is 18.9. The molecule has 2 N–H and O–H groups in total. The number of fused-ring (bicyclic) bond motifs is 1. The Hall–Kier alpha value is -6.57. The molecule has 25 heteroatoms. The Balaban J connectivity index is 0.000000181. The third kappa shape index (κ3) is 15.9. The molecule has 18 nitrogen and oxygen atoms in total. The second-order valence-electron chi connectivity index (χ2n) is 24.3. The molecule has 4 saturated heterocycles. The summed E-state index contributed by atoms with van der Waals surface area (Å²) in [5, 5.41) is 27.3. The number of carbonyl (C=O) groups is 1. The summed E-state index contributed by atoms with van der Waals surface area (Å²) in [4.78, 5) is 42.3. The zero-order valence-corrected chi connectivity index (χ0v) is 51.8. The van der Waals surface area contributed by atoms with Crippen molar-refractivity contribution < 1.29 is 55.7 Å². The number of anilines is 3. The van der Waals surface area contributed by atoms with E-state index in [4.69, 9.17) is 32.9 Å². The van der Waals surface area contributed by atoms with Gasteiger partial charge in [-0.3, -0.25) is 25.0 Å². The number of amides is 1. The van der Waals surface area contributed by atoms with Gasteiger partial charge >= 0.3 is 32.5 Å². The molecule has 4 aliphatic rings. The molecule has 0 unspecified atom stereocenters. The van der Waals surface area contributed by atoms with E-state index in [1.165, 1.54) is 18.2 Å². The summed E-state index contributed by atoms with van der Waals surface area (Å²) < 4.78 is 77.1. The molecule has 6 aromatic rings. The number of hydrogen-bond acceptors (Lipinski definition) is 15. The number of carbonyl (C=O) groups excluding carboxylic acids is 1. The van der Waals surface area contributed by atoms with Crippen LogP contribution < -0.4 is 16.1 Å². The second kappa shape index (κ2) is 26.2. The average molecular weight is 1240 g/mol. The van der Waals surface area contributed by atoms with Crippen molar-refractivity contribution in [1.82, 2.24) is 14.9 Å². The van der Waals surface area contributed by atoms with Crippen LogP contribution in [0.25, 0.3) is 22.0 Å². The number of para-hydroxylation sites is 1. The summed E-state index contributed by atoms with van der Waals surface area (Å²) in [6.45, 7) is 29.4. The van der Waals surface area contributed by atoms with Gasteiger partial charge in [-0.1, -0.05) is 65.0 Å². The van der Waals surface area contributed by atoms with Crippen LogP contribution >= 0.6 is 15.9 Å². The number of likely N-dealkylation sites (tertiary alicyclic amines) is 1. The lowest BCUT2D eigenvalue weighted by Crippen LogP contribution is -2.41. The van der Waals surface area contributed by atoms with E-state index in [2.05, 4.69) is 50.1 Å². The van der Waals surface area contributed by atoms with E-state index in [0.29, 0.717) is 33.2 Å². The zero-order chi connectivity index (χ0) is 62.6. The van der Waals surface area contributed by atoms with E-state index in [1.54, 1.807) is 18.3 Å². The number of nitro benzene ring substituents is 2. The summed E-state index contributed by atoms with van der Waals surface area (Å²) in [7, 11) is 0.474. The lowest BCUT2D eigenvalue weighted by molar-refractivity contribution is -0.387. The molecule has 0 spiro atoms. The molecule has 5 aromatic carbocycles. The lowest BCUT2D eigenvalue weighted by Gasteiger charge is -2.32. The molecular formula is C60H72B3BrF3N7O11. The van der Waals surface area contributed by atoms with Crippen LogP contribution in [-0.4, -0.2) is 106 Å². The van der Waals surface area contributed by atoms with E-state index in [1.807, 2.05) is 132 Å². The first-order valence-electron chi connectivity index (χ1n) is 27.8. The van der Waals surface area contributed by atoms with Gasteiger partial charge in [0.25, 0.3) is 0 Å². The minimum Gasteiger partial charge on any atom is -0.405 e. The van der Waals surface area contributed by atoms with Gasteiger partial charge in [0.1, 0.15) is 5.82 Å². The number of nitro groups is 2. The van der Waals surface area contributed by atoms with Gasteiger partial charge in [-0.15, -0.1) is 0 Å². The molecule has 85 heavy (non-hydrogen) atoms. The van der Waals surface area contributed by atoms with Gasteiger partial charge in [-0.2, -0.15) is 8.78 Å². The average Bonchev–Trinajstić information content (AvgIpc) is 1.88. The van der Waals surface area contributed by atoms with E-state index in [-0.39, 0.29) is 34.1 Å². The molecule has 10 rings (SSSR count). The van der Waals surface area contributed by atoms with Crippen LogP contribution in [0, 0.1) is 43.6 Å². The quantitative estimate of drug-likeness (QED) is 0.0534. The van der Waals surface area contributed by atoms with E-state index in [9.17, 15) is 33.8 Å². The molecule has 0 saturated carbocycles. The van der Waals surface area contributed by atoms with Crippen molar-refractivity contribution in [3.63, 3.8) is 0 Å². The van der Waals surface area contributed by atoms with Crippen LogP contribution in [0.4, 0.5) is 41.9 Å². The molecular weight excluding hydrogens is 1160 g/mol. The zero-order valence-electron chi connectivity index (χ0n) is 50.2. The summed E-state index contributed by atoms with van der Waals surface area (Å²) in [6.07, 6.45) is 6.15. The Morgan fingerprint density at radius 3 is 1.75 bits per heavy atom. The molecule has 4 aliphatic heterocycles. The molecule has 0 aliphatic carbocycles. The number of hydrogen-bond donors (Lipinski definition) is 2. The number of piperidine rings is 1. The van der Waals surface area contributed by atoms with Crippen LogP contribution in [0.15, 0.2) is 120 Å². The molecule has 1 amide bonds. The third-order valence-electron chi connectivity index (χ3n) is 16.4. The number of aromatic nitrogens is 2. The Morgan fingerprint density at radius 1 is 0.706 bits per heavy atom. The summed E-state index contributed by atoms with van der Waals surface area (Å²) in [6, 6.07) is 26.0. The van der Waals surface area contributed by atoms with Crippen molar-refractivity contribution in [2.24, 2.45) is 5.92 Å². The number of benzene rings is 5. The van der Waals surface area contributed by atoms with Crippen LogP contribution in [0.5, 0.6) is 0 Å². The highest BCUT2D eigenvalue weighted by Gasteiger charge is 2.64. The third-order valence-corrected chi connectivity index (χ3v) is 16.9. The van der Waals surface area contributed by atoms with Crippen molar-refractivity contribution >= 4 is 88.0 Å². The van der Waals surface area contributed by atoms with Crippen LogP contribution in [0.2, 0.25) is 0 Å². The molecule has 5 heterocycles. The summed E-state index contributed by atoms with van der Waals surface area (Å²) in [5.74, 6) is -1.39. The molecule has 4 fully saturated rings. The standard InChI is InChI=1S/C30H30FN5O.C12H24B2O4.C12H15BFNO4.C6H3BrFNO2/c1-3-28(37)33-24-8-4-6-22(18-24)25-9-5-7-23-19-32-30(35-29(23)25)34-27-11-10-21(17-26(27)31)16-20-12-14-36(2)15-13-20;1-9(2)10(3,4)16-13(15-9)14-17-11(5,6)12(7,8)18-14;1-11(2)12(3,4)19-13(18-11)8-5-6-10(15(16)17)9(14)7-8;7-4-1-2-6(9(10)11)5(8)3-4/h3-11,17-20H,1,12-16H2,2H3,(H,33,37)(H,32,34,35);1-8H3;5-7H,1-4H3;1-3H. The maximum Gasteiger partial charge on any atom is 0.494 e. The van der Waals surface area contributed by atoms with Gasteiger partial charge < -0.3 is 43.5 Å². The maximum atomic E-state index is 15.0. The minimum absolute atomic E-state index is 0.275. The van der Waals surface area contributed by atoms with E-state index in [0.717, 1.165) is 84.2 Å². The largest absolute Gasteiger partial charge is 0.494 e. The summed E-state index contributed by atoms with van der Waals surface area (Å²) in [5.41, 5.74) is 1.39. The first kappa shape index (κ1) is 66.0. The summed E-state index contributed by atoms with van der Waals surface area (Å²) >= 11 is 2.98. The van der Waals surface area contributed by atoms with Crippen molar-refractivity contribution in [2.75, 3.05) is 30.8 Å². The van der Waals surface area contributed by atoms with Crippen molar-refractivity contribution in [3.05, 3.63) is 164 Å². The first-order chi connectivity index (χ1) is 39.6. The Labute approximate surface area is 503 Å². The second-order valence-corrected chi connectivity index (χ2v) is 25.2. The number of nitrogens with one attached hydrogen (secondary N) is 2. The smallest absolute Gasteiger partial charge is 0.405 e. The Morgan fingerprint density at radius 2 is 1.24 bits per heavy atom. The number of nitrogens with zero attached hydrogens (tertiary/aromatic N) is 5. The van der Waals surface area contributed by atoms with Gasteiger partial charge in [0.15, 0.2) is 5.82 Å². The monoisotopic (exact) mass is 1240 g/mol. The molecule has 0 bridgehead atoms. The van der Waals surface area contributed by atoms with Crippen LogP contribution in [0.1, 0.15) is 101 Å². The van der Waals surface area contributed by atoms with Gasteiger partial charge in [0.05, 0.1) is 54.7 Å². The Bertz CT molecular complexity index is 3360. The fourth-order valence-corrected chi connectivity index (χ4v) is 9.57. The van der Waals surface area contributed by atoms with Crippen LogP contribution in [0.3, 0.4) is 0 Å². The predicted octanol–water partition coefficient (Wildman–Crippen LogP) is 13.0. The molecule has 0 atom stereocenters. The van der Waals surface area contributed by atoms with Crippen molar-refractivity contribution in [3.8, 4) is 11.1 Å². The minimum atomic E-state index is -0.891. The van der Waals surface area contributed by atoms with Crippen molar-refractivity contribution in [2.45, 2.75) is 136 Å². The van der Waals surface area contributed by atoms with Gasteiger partial charge in [0.2, 0.25) is 17.7 Å². The fraction of sp³-hybridized carbons (Fsp3) is 0.417. The van der Waals surface area contributed by atoms with Crippen molar-refractivity contribution in [1.29, 1.82) is 0 Å². The van der Waals surface area contributed by atoms with Crippen LogP contribution in [-0.2, 0) is 39.1 Å². The molecule has 0 radical (unpaired) electrons. The molecule has 1 aromatic heterocycles. The van der Waals surface area contributed by atoms with E-state index >= 15 is 4.39 Å². The number of halogens is 4. The SMILES string of the molecule is C=CC(=O)Nc1cccc(-c2cccc3cnc(Nc4ccc(CC5CCN(C)CC5)cc4F)nc23)c1.CC1(C)OB(B2OC(C)(C)C(C)(C)O2)OC1(C)C.CC1(C)OB(c2ccc([N+](=O)[O-])c(F)c2)OC1(C)C.O=[N+]([O-])c1ccc(Br)cc1F. The topological polar surface area (TPSA) is 212 Å². The van der Waals surface area contributed by atoms with Gasteiger partial charge in [-0.05, 0) is 194 Å². The highest BCUT2D eigenvalue weighted by atomic mass is 79.9. The fourth-order valence-electron chi connectivity index (χ4n) is 9.24. The highest BCUT2D eigenvalue weighted by molar-refractivity contribution is 9.10. The maximum absolute atomic E-state index is 15.0. The molecule has 450 valence electrons. The van der Waals surface area contributed by atoms with Gasteiger partial charge in [0, 0.05) is 39.4 Å². The van der Waals surface area contributed by atoms with E-state index < -0.39 is 65.2 Å².